The van der Waals surface area contributed by atoms with E-state index >= 15 is 0 Å². The van der Waals surface area contributed by atoms with Crippen molar-refractivity contribution in [2.24, 2.45) is 0 Å². The molecule has 0 amide bonds. The average molecular weight is 393 g/mol. The third-order valence-corrected chi connectivity index (χ3v) is 5.34. The minimum atomic E-state index is -4.77. The fourth-order valence-electron chi connectivity index (χ4n) is 4.20. The van der Waals surface area contributed by atoms with Gasteiger partial charge in [0.1, 0.15) is 5.75 Å². The smallest absolute Gasteiger partial charge is 0.417 e. The molecule has 1 aromatic carbocycles. The zero-order chi connectivity index (χ0) is 20.7. The molecule has 3 rings (SSSR count). The lowest BCUT2D eigenvalue weighted by atomic mass is 9.72. The standard InChI is InChI=1S/C22H26F3NO2/c1-14-10-16(11-15(2)26-14)12-21(27,22(23,24)25)13-20(3,4)18-7-5-6-17-8-9-28-19(17)18/h5-7,10-11,27H,8-9,12-13H2,1-4H3. The normalized spacial score (nSPS) is 16.4. The van der Waals surface area contributed by atoms with E-state index < -0.39 is 30.0 Å². The Labute approximate surface area is 163 Å². The first kappa shape index (κ1) is 20.6. The van der Waals surface area contributed by atoms with Crippen molar-refractivity contribution in [2.45, 2.75) is 64.1 Å². The quantitative estimate of drug-likeness (QED) is 0.791. The van der Waals surface area contributed by atoms with Crippen molar-refractivity contribution in [3.8, 4) is 5.75 Å². The van der Waals surface area contributed by atoms with Crippen molar-refractivity contribution >= 4 is 0 Å². The first-order valence-corrected chi connectivity index (χ1v) is 9.40. The van der Waals surface area contributed by atoms with Crippen LogP contribution in [0.5, 0.6) is 5.75 Å². The third kappa shape index (κ3) is 4.02. The van der Waals surface area contributed by atoms with Gasteiger partial charge in [-0.2, -0.15) is 13.2 Å². The van der Waals surface area contributed by atoms with Crippen LogP contribution < -0.4 is 4.74 Å². The lowest BCUT2D eigenvalue weighted by Crippen LogP contribution is -2.50. The lowest BCUT2D eigenvalue weighted by molar-refractivity contribution is -0.266. The summed E-state index contributed by atoms with van der Waals surface area (Å²) in [5.74, 6) is 0.660. The molecule has 0 aliphatic carbocycles. The van der Waals surface area contributed by atoms with Crippen molar-refractivity contribution in [1.29, 1.82) is 0 Å². The third-order valence-electron chi connectivity index (χ3n) is 5.34. The summed E-state index contributed by atoms with van der Waals surface area (Å²) >= 11 is 0. The molecule has 2 aromatic rings. The van der Waals surface area contributed by atoms with E-state index in [9.17, 15) is 18.3 Å². The zero-order valence-corrected chi connectivity index (χ0v) is 16.7. The highest BCUT2D eigenvalue weighted by atomic mass is 19.4. The average Bonchev–Trinajstić information content (AvgIpc) is 3.00. The summed E-state index contributed by atoms with van der Waals surface area (Å²) in [6.07, 6.45) is -5.00. The number of nitrogens with zero attached hydrogens (tertiary/aromatic N) is 1. The number of rotatable bonds is 5. The molecule has 0 saturated carbocycles. The van der Waals surface area contributed by atoms with Gasteiger partial charge in [0.25, 0.3) is 0 Å². The molecule has 3 nitrogen and oxygen atoms in total. The van der Waals surface area contributed by atoms with Crippen LogP contribution in [-0.2, 0) is 18.3 Å². The molecule has 1 atom stereocenters. The topological polar surface area (TPSA) is 42.4 Å². The number of hydrogen-bond acceptors (Lipinski definition) is 3. The SMILES string of the molecule is Cc1cc(CC(O)(CC(C)(C)c2cccc3c2OCC3)C(F)(F)F)cc(C)n1. The van der Waals surface area contributed by atoms with Crippen molar-refractivity contribution in [2.75, 3.05) is 6.61 Å². The molecule has 1 aromatic heterocycles. The van der Waals surface area contributed by atoms with E-state index in [4.69, 9.17) is 4.74 Å². The molecule has 1 N–H and O–H groups in total. The number of benzene rings is 1. The van der Waals surface area contributed by atoms with Crippen LogP contribution in [0.4, 0.5) is 13.2 Å². The predicted octanol–water partition coefficient (Wildman–Crippen LogP) is 4.84. The molecule has 0 fully saturated rings. The first-order valence-electron chi connectivity index (χ1n) is 9.40. The molecule has 6 heteroatoms. The van der Waals surface area contributed by atoms with Gasteiger partial charge in [0.05, 0.1) is 6.61 Å². The Morgan fingerprint density at radius 1 is 1.11 bits per heavy atom. The highest BCUT2D eigenvalue weighted by molar-refractivity contribution is 5.47. The van der Waals surface area contributed by atoms with Gasteiger partial charge in [-0.25, -0.2) is 0 Å². The number of aromatic nitrogens is 1. The van der Waals surface area contributed by atoms with Crippen molar-refractivity contribution in [3.63, 3.8) is 0 Å². The molecular weight excluding hydrogens is 367 g/mol. The maximum atomic E-state index is 14.0. The van der Waals surface area contributed by atoms with Gasteiger partial charge in [0, 0.05) is 29.8 Å². The van der Waals surface area contributed by atoms with E-state index in [1.54, 1.807) is 45.9 Å². The molecule has 0 spiro atoms. The Morgan fingerprint density at radius 2 is 1.75 bits per heavy atom. The molecule has 0 radical (unpaired) electrons. The fourth-order valence-corrected chi connectivity index (χ4v) is 4.20. The number of fused-ring (bicyclic) bond motifs is 1. The molecule has 28 heavy (non-hydrogen) atoms. The van der Waals surface area contributed by atoms with Crippen LogP contribution >= 0.6 is 0 Å². The molecule has 152 valence electrons. The van der Waals surface area contributed by atoms with Gasteiger partial charge in [0.2, 0.25) is 0 Å². The minimum Gasteiger partial charge on any atom is -0.493 e. The summed E-state index contributed by atoms with van der Waals surface area (Å²) in [4.78, 5) is 4.21. The van der Waals surface area contributed by atoms with Crippen LogP contribution in [0.1, 0.15) is 48.3 Å². The van der Waals surface area contributed by atoms with Crippen LogP contribution in [0.2, 0.25) is 0 Å². The number of aryl methyl sites for hydroxylation is 2. The summed E-state index contributed by atoms with van der Waals surface area (Å²) in [5.41, 5.74) is -0.403. The Balaban J connectivity index is 1.97. The maximum absolute atomic E-state index is 14.0. The van der Waals surface area contributed by atoms with Gasteiger partial charge >= 0.3 is 6.18 Å². The van der Waals surface area contributed by atoms with E-state index in [1.165, 1.54) is 0 Å². The second-order valence-corrected chi connectivity index (χ2v) is 8.42. The summed E-state index contributed by atoms with van der Waals surface area (Å²) in [6, 6.07) is 8.76. The van der Waals surface area contributed by atoms with Crippen molar-refractivity contribution < 1.29 is 23.0 Å². The van der Waals surface area contributed by atoms with E-state index in [-0.39, 0.29) is 0 Å². The number of ether oxygens (including phenoxy) is 1. The van der Waals surface area contributed by atoms with Crippen LogP contribution in [0.15, 0.2) is 30.3 Å². The maximum Gasteiger partial charge on any atom is 0.417 e. The predicted molar refractivity (Wildman–Crippen MR) is 102 cm³/mol. The highest BCUT2D eigenvalue weighted by Gasteiger charge is 2.56. The van der Waals surface area contributed by atoms with E-state index in [0.29, 0.717) is 34.9 Å². The van der Waals surface area contributed by atoms with Gasteiger partial charge in [-0.1, -0.05) is 32.0 Å². The molecular formula is C22H26F3NO2. The van der Waals surface area contributed by atoms with Gasteiger partial charge in [-0.05, 0) is 48.9 Å². The Kier molecular flexibility index (Phi) is 5.21. The van der Waals surface area contributed by atoms with Gasteiger partial charge < -0.3 is 9.84 Å². The Morgan fingerprint density at radius 3 is 2.36 bits per heavy atom. The molecule has 0 bridgehead atoms. The fraction of sp³-hybridized carbons (Fsp3) is 0.500. The number of halogens is 3. The number of aliphatic hydroxyl groups is 1. The monoisotopic (exact) mass is 393 g/mol. The molecule has 2 heterocycles. The summed E-state index contributed by atoms with van der Waals surface area (Å²) in [6.45, 7) is 7.45. The number of pyridine rings is 1. The van der Waals surface area contributed by atoms with Crippen LogP contribution in [0.3, 0.4) is 0 Å². The first-order chi connectivity index (χ1) is 12.9. The minimum absolute atomic E-state index is 0.426. The summed E-state index contributed by atoms with van der Waals surface area (Å²) < 4.78 is 47.7. The van der Waals surface area contributed by atoms with Crippen LogP contribution in [0, 0.1) is 13.8 Å². The second kappa shape index (κ2) is 7.07. The second-order valence-electron chi connectivity index (χ2n) is 8.42. The number of alkyl halides is 3. The van der Waals surface area contributed by atoms with E-state index in [2.05, 4.69) is 4.98 Å². The molecule has 0 saturated heterocycles. The Hall–Kier alpha value is -2.08. The van der Waals surface area contributed by atoms with Gasteiger partial charge in [-0.3, -0.25) is 4.98 Å². The van der Waals surface area contributed by atoms with Crippen molar-refractivity contribution in [1.82, 2.24) is 4.98 Å². The van der Waals surface area contributed by atoms with E-state index in [0.717, 1.165) is 12.0 Å². The number of para-hydroxylation sites is 1. The molecule has 1 aliphatic rings. The highest BCUT2D eigenvalue weighted by Crippen LogP contribution is 2.46. The molecule has 1 unspecified atom stereocenters. The largest absolute Gasteiger partial charge is 0.493 e. The zero-order valence-electron chi connectivity index (χ0n) is 16.7. The van der Waals surface area contributed by atoms with Gasteiger partial charge in [0.15, 0.2) is 5.60 Å². The summed E-state index contributed by atoms with van der Waals surface area (Å²) in [7, 11) is 0. The van der Waals surface area contributed by atoms with Crippen LogP contribution in [0.25, 0.3) is 0 Å². The van der Waals surface area contributed by atoms with E-state index in [1.807, 2.05) is 12.1 Å². The lowest BCUT2D eigenvalue weighted by Gasteiger charge is -2.38. The molecule has 1 aliphatic heterocycles. The summed E-state index contributed by atoms with van der Waals surface area (Å²) in [5, 5.41) is 10.8. The number of hydrogen-bond donors (Lipinski definition) is 1. The Bertz CT molecular complexity index is 856. The van der Waals surface area contributed by atoms with Gasteiger partial charge in [-0.15, -0.1) is 0 Å². The van der Waals surface area contributed by atoms with Crippen molar-refractivity contribution in [3.05, 3.63) is 58.4 Å². The van der Waals surface area contributed by atoms with Crippen LogP contribution in [-0.4, -0.2) is 28.5 Å².